The van der Waals surface area contributed by atoms with Crippen molar-refractivity contribution in [3.63, 3.8) is 0 Å². The molecule has 1 N–H and O–H groups in total. The van der Waals surface area contributed by atoms with E-state index in [2.05, 4.69) is 10.5 Å². The summed E-state index contributed by atoms with van der Waals surface area (Å²) in [6, 6.07) is 0. The molecule has 4 nitrogen and oxygen atoms in total. The van der Waals surface area contributed by atoms with Crippen molar-refractivity contribution >= 4 is 11.3 Å². The highest BCUT2D eigenvalue weighted by molar-refractivity contribution is 7.11. The molecule has 1 aromatic rings. The van der Waals surface area contributed by atoms with Gasteiger partial charge in [0.15, 0.2) is 0 Å². The second-order valence-electron chi connectivity index (χ2n) is 2.90. The molecule has 0 atom stereocenters. The maximum atomic E-state index is 5.15. The van der Waals surface area contributed by atoms with Crippen LogP contribution in [0.1, 0.15) is 15.6 Å². The molecule has 0 bridgehead atoms. The Labute approximate surface area is 88.2 Å². The minimum absolute atomic E-state index is 0.563. The molecule has 0 saturated carbocycles. The fraction of sp³-hybridized carbons (Fsp3) is 0.667. The van der Waals surface area contributed by atoms with Crippen molar-refractivity contribution in [1.29, 1.82) is 0 Å². The summed E-state index contributed by atoms with van der Waals surface area (Å²) in [5.74, 6) is 0. The quantitative estimate of drug-likeness (QED) is 0.577. The lowest BCUT2D eigenvalue weighted by Gasteiger charge is -2.03. The highest BCUT2D eigenvalue weighted by Gasteiger charge is 2.03. The topological polar surface area (TPSA) is 43.4 Å². The molecule has 0 aromatic carbocycles. The van der Waals surface area contributed by atoms with Gasteiger partial charge in [0.2, 0.25) is 0 Å². The number of hydrogen-bond donors (Lipinski definition) is 1. The minimum Gasteiger partial charge on any atom is -0.382 e. The van der Waals surface area contributed by atoms with Gasteiger partial charge < -0.3 is 4.74 Å². The summed E-state index contributed by atoms with van der Waals surface area (Å²) in [5, 5.41) is 1.09. The fourth-order valence-corrected chi connectivity index (χ4v) is 1.91. The zero-order valence-corrected chi connectivity index (χ0v) is 9.61. The highest BCUT2D eigenvalue weighted by atomic mass is 32.1. The Morgan fingerprint density at radius 3 is 2.71 bits per heavy atom. The molecule has 0 radical (unpaired) electrons. The average Bonchev–Trinajstić information content (AvgIpc) is 2.45. The van der Waals surface area contributed by atoms with Gasteiger partial charge in [0.1, 0.15) is 0 Å². The van der Waals surface area contributed by atoms with Gasteiger partial charge in [-0.15, -0.1) is 11.3 Å². The summed E-state index contributed by atoms with van der Waals surface area (Å²) in [6.45, 7) is 5.89. The number of nitrogens with zero attached hydrogens (tertiary/aromatic N) is 1. The van der Waals surface area contributed by atoms with Gasteiger partial charge in [-0.05, 0) is 13.8 Å². The number of hydroxylamine groups is 1. The largest absolute Gasteiger partial charge is 0.382 e. The van der Waals surface area contributed by atoms with E-state index in [9.17, 15) is 0 Å². The summed E-state index contributed by atoms with van der Waals surface area (Å²) in [6.07, 6.45) is 0. The van der Waals surface area contributed by atoms with Crippen LogP contribution in [0, 0.1) is 13.8 Å². The zero-order valence-electron chi connectivity index (χ0n) is 8.79. The van der Waals surface area contributed by atoms with E-state index >= 15 is 0 Å². The Bertz CT molecular complexity index is 276. The van der Waals surface area contributed by atoms with Crippen LogP contribution in [0.4, 0.5) is 0 Å². The lowest BCUT2D eigenvalue weighted by molar-refractivity contribution is 0.00378. The first kappa shape index (κ1) is 11.6. The Morgan fingerprint density at radius 2 is 2.14 bits per heavy atom. The van der Waals surface area contributed by atoms with E-state index in [0.29, 0.717) is 19.8 Å². The van der Waals surface area contributed by atoms with Gasteiger partial charge in [-0.1, -0.05) is 0 Å². The molecule has 0 aliphatic heterocycles. The summed E-state index contributed by atoms with van der Waals surface area (Å²) < 4.78 is 4.85. The van der Waals surface area contributed by atoms with Gasteiger partial charge in [0.25, 0.3) is 0 Å². The molecule has 0 unspecified atom stereocenters. The molecular formula is C9H16N2O2S. The molecule has 1 heterocycles. The number of nitrogens with one attached hydrogen (secondary N) is 1. The molecule has 0 aliphatic rings. The monoisotopic (exact) mass is 216 g/mol. The van der Waals surface area contributed by atoms with Crippen LogP contribution < -0.4 is 5.48 Å². The van der Waals surface area contributed by atoms with Crippen LogP contribution in [0.5, 0.6) is 0 Å². The van der Waals surface area contributed by atoms with Crippen LogP contribution in [0.25, 0.3) is 0 Å². The molecule has 80 valence electrons. The third-order valence-electron chi connectivity index (χ3n) is 1.72. The third kappa shape index (κ3) is 3.71. The van der Waals surface area contributed by atoms with Gasteiger partial charge in [-0.25, -0.2) is 4.98 Å². The smallest absolute Gasteiger partial charge is 0.0916 e. The van der Waals surface area contributed by atoms with Gasteiger partial charge >= 0.3 is 0 Å². The van der Waals surface area contributed by atoms with Crippen molar-refractivity contribution in [3.8, 4) is 0 Å². The normalized spacial score (nSPS) is 10.8. The van der Waals surface area contributed by atoms with E-state index in [1.165, 1.54) is 4.88 Å². The van der Waals surface area contributed by atoms with Crippen molar-refractivity contribution in [2.24, 2.45) is 0 Å². The maximum Gasteiger partial charge on any atom is 0.0916 e. The summed E-state index contributed by atoms with van der Waals surface area (Å²) in [7, 11) is 1.65. The second-order valence-corrected chi connectivity index (χ2v) is 4.19. The van der Waals surface area contributed by atoms with E-state index in [-0.39, 0.29) is 0 Å². The first-order valence-corrected chi connectivity index (χ1v) is 5.32. The van der Waals surface area contributed by atoms with Crippen LogP contribution >= 0.6 is 11.3 Å². The first-order valence-electron chi connectivity index (χ1n) is 4.50. The number of thiazole rings is 1. The summed E-state index contributed by atoms with van der Waals surface area (Å²) in [4.78, 5) is 10.7. The van der Waals surface area contributed by atoms with Crippen LogP contribution in [-0.4, -0.2) is 25.3 Å². The molecule has 0 fully saturated rings. The molecule has 1 rings (SSSR count). The lowest BCUT2D eigenvalue weighted by atomic mass is 10.4. The molecule has 1 aromatic heterocycles. The third-order valence-corrected chi connectivity index (χ3v) is 2.80. The second kappa shape index (κ2) is 6.08. The SMILES string of the molecule is COCCONCc1sc(C)nc1C. The van der Waals surface area contributed by atoms with Gasteiger partial charge in [0.05, 0.1) is 30.5 Å². The van der Waals surface area contributed by atoms with Crippen molar-refractivity contribution in [2.75, 3.05) is 20.3 Å². The van der Waals surface area contributed by atoms with Gasteiger partial charge in [-0.2, -0.15) is 5.48 Å². The van der Waals surface area contributed by atoms with Gasteiger partial charge in [-0.3, -0.25) is 4.84 Å². The number of methoxy groups -OCH3 is 1. The lowest BCUT2D eigenvalue weighted by Crippen LogP contribution is -2.16. The van der Waals surface area contributed by atoms with E-state index in [0.717, 1.165) is 10.7 Å². The van der Waals surface area contributed by atoms with Crippen LogP contribution in [0.3, 0.4) is 0 Å². The fourth-order valence-electron chi connectivity index (χ4n) is 1.05. The predicted molar refractivity (Wildman–Crippen MR) is 56.3 cm³/mol. The minimum atomic E-state index is 0.563. The summed E-state index contributed by atoms with van der Waals surface area (Å²) in [5.41, 5.74) is 3.96. The number of ether oxygens (including phenoxy) is 1. The molecular weight excluding hydrogens is 200 g/mol. The molecule has 0 saturated heterocycles. The number of hydrogen-bond acceptors (Lipinski definition) is 5. The van der Waals surface area contributed by atoms with Crippen molar-refractivity contribution in [3.05, 3.63) is 15.6 Å². The average molecular weight is 216 g/mol. The number of aryl methyl sites for hydroxylation is 2. The molecule has 0 amide bonds. The molecule has 14 heavy (non-hydrogen) atoms. The number of aromatic nitrogens is 1. The van der Waals surface area contributed by atoms with Crippen molar-refractivity contribution in [1.82, 2.24) is 10.5 Å². The van der Waals surface area contributed by atoms with E-state index in [1.54, 1.807) is 18.4 Å². The summed E-state index contributed by atoms with van der Waals surface area (Å²) >= 11 is 1.69. The molecule has 0 aliphatic carbocycles. The van der Waals surface area contributed by atoms with Crippen LogP contribution in [-0.2, 0) is 16.1 Å². The van der Waals surface area contributed by atoms with Crippen LogP contribution in [0.15, 0.2) is 0 Å². The predicted octanol–water partition coefficient (Wildman–Crippen LogP) is 1.43. The van der Waals surface area contributed by atoms with E-state index < -0.39 is 0 Å². The maximum absolute atomic E-state index is 5.15. The van der Waals surface area contributed by atoms with E-state index in [1.807, 2.05) is 13.8 Å². The zero-order chi connectivity index (χ0) is 10.4. The Kier molecular flexibility index (Phi) is 5.03. The van der Waals surface area contributed by atoms with Crippen LogP contribution in [0.2, 0.25) is 0 Å². The highest BCUT2D eigenvalue weighted by Crippen LogP contribution is 2.16. The van der Waals surface area contributed by atoms with Gasteiger partial charge in [0, 0.05) is 12.0 Å². The Balaban J connectivity index is 2.21. The standard InChI is InChI=1S/C9H16N2O2S/c1-7-9(14-8(2)11-7)6-10-13-5-4-12-3/h10H,4-6H2,1-3H3. The Morgan fingerprint density at radius 1 is 1.36 bits per heavy atom. The van der Waals surface area contributed by atoms with Crippen molar-refractivity contribution < 1.29 is 9.57 Å². The van der Waals surface area contributed by atoms with Crippen molar-refractivity contribution in [2.45, 2.75) is 20.4 Å². The number of rotatable bonds is 6. The Hall–Kier alpha value is -0.490. The first-order chi connectivity index (χ1) is 6.74. The molecule has 0 spiro atoms. The van der Waals surface area contributed by atoms with E-state index in [4.69, 9.17) is 9.57 Å². The molecule has 5 heteroatoms.